The van der Waals surface area contributed by atoms with Gasteiger partial charge in [-0.05, 0) is 25.5 Å². The summed E-state index contributed by atoms with van der Waals surface area (Å²) in [6.07, 6.45) is 5.62. The largest absolute Gasteiger partial charge is 0.377 e. The van der Waals surface area contributed by atoms with Gasteiger partial charge in [-0.15, -0.1) is 0 Å². The molecule has 0 spiro atoms. The van der Waals surface area contributed by atoms with E-state index in [-0.39, 0.29) is 12.0 Å². The molecule has 3 aromatic heterocycles. The minimum atomic E-state index is -3.22. The second kappa shape index (κ2) is 7.85. The van der Waals surface area contributed by atoms with Crippen LogP contribution in [-0.4, -0.2) is 77.8 Å². The van der Waals surface area contributed by atoms with Gasteiger partial charge in [0.05, 0.1) is 31.2 Å². The highest BCUT2D eigenvalue weighted by molar-refractivity contribution is 7.88. The maximum atomic E-state index is 12.0. The first-order chi connectivity index (χ1) is 14.9. The normalized spacial score (nSPS) is 23.0. The Balaban J connectivity index is 1.60. The zero-order chi connectivity index (χ0) is 21.6. The summed E-state index contributed by atoms with van der Waals surface area (Å²) < 4.78 is 31.2. The summed E-state index contributed by atoms with van der Waals surface area (Å²) in [5.41, 5.74) is 2.58. The topological polar surface area (TPSA) is 104 Å². The lowest BCUT2D eigenvalue weighted by molar-refractivity contribution is 0.0985. The molecule has 9 nitrogen and oxygen atoms in total. The highest BCUT2D eigenvalue weighted by Gasteiger charge is 2.32. The molecule has 0 unspecified atom stereocenters. The fourth-order valence-corrected chi connectivity index (χ4v) is 5.31. The zero-order valence-electron chi connectivity index (χ0n) is 17.7. The van der Waals surface area contributed by atoms with E-state index in [1.807, 2.05) is 24.4 Å². The number of aromatic amines is 1. The van der Waals surface area contributed by atoms with Crippen molar-refractivity contribution in [3.05, 3.63) is 36.3 Å². The van der Waals surface area contributed by atoms with Crippen LogP contribution in [0.1, 0.15) is 25.0 Å². The summed E-state index contributed by atoms with van der Waals surface area (Å²) in [5.74, 6) is 1.53. The number of hydrogen-bond donors (Lipinski definition) is 1. The number of pyridine rings is 1. The fourth-order valence-electron chi connectivity index (χ4n) is 4.42. The number of H-pyrrole nitrogens is 1. The molecule has 2 fully saturated rings. The molecular weight excluding hydrogens is 416 g/mol. The second-order valence-electron chi connectivity index (χ2n) is 8.30. The quantitative estimate of drug-likeness (QED) is 0.659. The Bertz CT molecular complexity index is 1210. The predicted molar refractivity (Wildman–Crippen MR) is 119 cm³/mol. The number of rotatable bonds is 4. The molecule has 2 aliphatic heterocycles. The van der Waals surface area contributed by atoms with Gasteiger partial charge < -0.3 is 14.6 Å². The van der Waals surface area contributed by atoms with Crippen LogP contribution in [0.4, 0.5) is 5.82 Å². The molecule has 3 aromatic rings. The monoisotopic (exact) mass is 442 g/mol. The van der Waals surface area contributed by atoms with Crippen LogP contribution in [0.5, 0.6) is 0 Å². The van der Waals surface area contributed by atoms with Crippen LogP contribution in [0.3, 0.4) is 0 Å². The first-order valence-corrected chi connectivity index (χ1v) is 12.4. The number of nitrogens with one attached hydrogen (secondary N) is 1. The first kappa shape index (κ1) is 20.3. The van der Waals surface area contributed by atoms with Gasteiger partial charge in [0, 0.05) is 55.0 Å². The molecule has 2 atom stereocenters. The molecule has 0 bridgehead atoms. The van der Waals surface area contributed by atoms with Crippen molar-refractivity contribution in [2.45, 2.75) is 25.3 Å². The number of hydrogen-bond acceptors (Lipinski definition) is 7. The summed E-state index contributed by atoms with van der Waals surface area (Å²) in [5, 5.41) is 0.963. The Labute approximate surface area is 181 Å². The molecule has 0 radical (unpaired) electrons. The van der Waals surface area contributed by atoms with Gasteiger partial charge in [-0.3, -0.25) is 0 Å². The summed E-state index contributed by atoms with van der Waals surface area (Å²) >= 11 is 0. The van der Waals surface area contributed by atoms with Crippen molar-refractivity contribution < 1.29 is 13.2 Å². The maximum Gasteiger partial charge on any atom is 0.211 e. The van der Waals surface area contributed by atoms with Gasteiger partial charge in [-0.2, -0.15) is 0 Å². The van der Waals surface area contributed by atoms with Gasteiger partial charge >= 0.3 is 0 Å². The van der Waals surface area contributed by atoms with Crippen molar-refractivity contribution in [1.29, 1.82) is 0 Å². The van der Waals surface area contributed by atoms with Gasteiger partial charge in [0.15, 0.2) is 5.82 Å². The summed E-state index contributed by atoms with van der Waals surface area (Å²) in [4.78, 5) is 19.6. The van der Waals surface area contributed by atoms with E-state index in [4.69, 9.17) is 14.7 Å². The summed E-state index contributed by atoms with van der Waals surface area (Å²) in [6.45, 7) is 5.15. The molecule has 0 amide bonds. The van der Waals surface area contributed by atoms with Crippen molar-refractivity contribution in [2.75, 3.05) is 44.0 Å². The maximum absolute atomic E-state index is 12.0. The van der Waals surface area contributed by atoms with Gasteiger partial charge in [0.2, 0.25) is 10.0 Å². The minimum absolute atomic E-state index is 0.0372. The molecular formula is C21H26N6O3S. The molecule has 5 heterocycles. The fraction of sp³-hybridized carbons (Fsp3) is 0.476. The molecule has 5 rings (SSSR count). The van der Waals surface area contributed by atoms with E-state index in [1.165, 1.54) is 10.6 Å². The zero-order valence-corrected chi connectivity index (χ0v) is 18.5. The van der Waals surface area contributed by atoms with Crippen molar-refractivity contribution in [3.63, 3.8) is 0 Å². The smallest absolute Gasteiger partial charge is 0.211 e. The molecule has 0 aromatic carbocycles. The number of aromatic nitrogens is 4. The van der Waals surface area contributed by atoms with Crippen LogP contribution < -0.4 is 4.90 Å². The van der Waals surface area contributed by atoms with Gasteiger partial charge in [0.1, 0.15) is 11.5 Å². The van der Waals surface area contributed by atoms with Crippen LogP contribution in [0.15, 0.2) is 30.6 Å². The Morgan fingerprint density at radius 1 is 1.23 bits per heavy atom. The Kier molecular flexibility index (Phi) is 5.15. The van der Waals surface area contributed by atoms with E-state index in [1.54, 1.807) is 6.20 Å². The number of ether oxygens (including phenoxy) is 1. The van der Waals surface area contributed by atoms with Crippen molar-refractivity contribution >= 4 is 26.9 Å². The van der Waals surface area contributed by atoms with Crippen LogP contribution in [0.2, 0.25) is 0 Å². The first-order valence-electron chi connectivity index (χ1n) is 10.5. The number of sulfonamides is 1. The third-order valence-corrected chi connectivity index (χ3v) is 7.40. The number of fused-ring (bicyclic) bond motifs is 1. The summed E-state index contributed by atoms with van der Waals surface area (Å²) in [6, 6.07) is 6.13. The van der Waals surface area contributed by atoms with Crippen LogP contribution in [0, 0.1) is 0 Å². The molecule has 0 saturated carbocycles. The lowest BCUT2D eigenvalue weighted by Crippen LogP contribution is -2.44. The molecule has 2 saturated heterocycles. The Hall–Kier alpha value is -2.56. The van der Waals surface area contributed by atoms with E-state index >= 15 is 0 Å². The van der Waals surface area contributed by atoms with Gasteiger partial charge in [0.25, 0.3) is 0 Å². The van der Waals surface area contributed by atoms with E-state index in [0.29, 0.717) is 32.1 Å². The standard InChI is InChI=1S/C21H26N6O3S/c1-14-13-30-10-9-27(14)19-11-18(15-5-8-26(12-15)31(2,28)29)24-21(25-19)17-4-7-23-20-16(17)3-6-22-20/h3-4,6-7,11,14-15H,5,8-10,12-13H2,1-2H3,(H,22,23)/t14-,15+/m1/s1. The van der Waals surface area contributed by atoms with Crippen LogP contribution in [0.25, 0.3) is 22.4 Å². The van der Waals surface area contributed by atoms with E-state index < -0.39 is 10.0 Å². The molecule has 0 aliphatic carbocycles. The summed E-state index contributed by atoms with van der Waals surface area (Å²) in [7, 11) is -3.22. The Morgan fingerprint density at radius 3 is 2.87 bits per heavy atom. The molecule has 31 heavy (non-hydrogen) atoms. The van der Waals surface area contributed by atoms with Crippen molar-refractivity contribution in [1.82, 2.24) is 24.2 Å². The number of nitrogens with zero attached hydrogens (tertiary/aromatic N) is 5. The van der Waals surface area contributed by atoms with E-state index in [2.05, 4.69) is 21.8 Å². The molecule has 164 valence electrons. The average molecular weight is 443 g/mol. The van der Waals surface area contributed by atoms with E-state index in [0.717, 1.165) is 41.1 Å². The lowest BCUT2D eigenvalue weighted by Gasteiger charge is -2.34. The third-order valence-electron chi connectivity index (χ3n) is 6.13. The highest BCUT2D eigenvalue weighted by atomic mass is 32.2. The van der Waals surface area contributed by atoms with Gasteiger partial charge in [-0.1, -0.05) is 0 Å². The third kappa shape index (κ3) is 3.90. The van der Waals surface area contributed by atoms with Crippen molar-refractivity contribution in [2.24, 2.45) is 0 Å². The van der Waals surface area contributed by atoms with Gasteiger partial charge in [-0.25, -0.2) is 27.7 Å². The average Bonchev–Trinajstić information content (AvgIpc) is 3.43. The molecule has 2 aliphatic rings. The molecule has 1 N–H and O–H groups in total. The number of morpholine rings is 1. The molecule has 10 heteroatoms. The second-order valence-corrected chi connectivity index (χ2v) is 10.3. The number of anilines is 1. The predicted octanol–water partition coefficient (Wildman–Crippen LogP) is 1.99. The SMILES string of the molecule is C[C@@H]1COCCN1c1cc([C@H]2CCN(S(C)(=O)=O)C2)nc(-c2ccnc3[nH]ccc23)n1. The van der Waals surface area contributed by atoms with Crippen LogP contribution >= 0.6 is 0 Å². The van der Waals surface area contributed by atoms with Crippen molar-refractivity contribution in [3.8, 4) is 11.4 Å². The van der Waals surface area contributed by atoms with E-state index in [9.17, 15) is 8.42 Å². The minimum Gasteiger partial charge on any atom is -0.377 e. The highest BCUT2D eigenvalue weighted by Crippen LogP contribution is 2.33. The lowest BCUT2D eigenvalue weighted by atomic mass is 10.0. The van der Waals surface area contributed by atoms with Crippen LogP contribution in [-0.2, 0) is 14.8 Å². The Morgan fingerprint density at radius 2 is 2.10 bits per heavy atom.